The largest absolute Gasteiger partial charge is 0.455 e. The minimum Gasteiger partial charge on any atom is -0.455 e. The van der Waals surface area contributed by atoms with E-state index in [0.29, 0.717) is 18.0 Å². The Morgan fingerprint density at radius 1 is 1.12 bits per heavy atom. The van der Waals surface area contributed by atoms with Crippen molar-refractivity contribution in [2.75, 3.05) is 0 Å². The summed E-state index contributed by atoms with van der Waals surface area (Å²) in [6.45, 7) is 0.327. The number of para-hydroxylation sites is 1. The SMILES string of the molecule is NCc1ccncc1Oc1ccccc1CO. The van der Waals surface area contributed by atoms with Crippen LogP contribution in [0.5, 0.6) is 11.5 Å². The Bertz CT molecular complexity index is 455. The summed E-state index contributed by atoms with van der Waals surface area (Å²) in [6.07, 6.45) is 3.29. The summed E-state index contributed by atoms with van der Waals surface area (Å²) in [5.41, 5.74) is 7.24. The van der Waals surface area contributed by atoms with Crippen LogP contribution in [0.3, 0.4) is 0 Å². The van der Waals surface area contributed by atoms with Gasteiger partial charge < -0.3 is 15.6 Å². The maximum absolute atomic E-state index is 9.20. The van der Waals surface area contributed by atoms with Crippen molar-refractivity contribution in [3.8, 4) is 11.5 Å². The van der Waals surface area contributed by atoms with Gasteiger partial charge in [0.2, 0.25) is 0 Å². The molecule has 88 valence electrons. The molecule has 0 spiro atoms. The normalized spacial score (nSPS) is 10.2. The Kier molecular flexibility index (Phi) is 3.69. The van der Waals surface area contributed by atoms with E-state index in [1.807, 2.05) is 24.3 Å². The molecule has 1 heterocycles. The average Bonchev–Trinajstić information content (AvgIpc) is 2.40. The fourth-order valence-electron chi connectivity index (χ4n) is 1.52. The zero-order valence-electron chi connectivity index (χ0n) is 9.34. The molecule has 0 aliphatic carbocycles. The molecule has 0 bridgehead atoms. The Hall–Kier alpha value is -1.91. The average molecular weight is 230 g/mol. The van der Waals surface area contributed by atoms with Crippen LogP contribution in [-0.4, -0.2) is 10.1 Å². The number of pyridine rings is 1. The van der Waals surface area contributed by atoms with Crippen molar-refractivity contribution in [3.63, 3.8) is 0 Å². The molecule has 3 N–H and O–H groups in total. The second-order valence-corrected chi connectivity index (χ2v) is 3.56. The summed E-state index contributed by atoms with van der Waals surface area (Å²) in [5, 5.41) is 9.20. The van der Waals surface area contributed by atoms with Crippen LogP contribution >= 0.6 is 0 Å². The number of rotatable bonds is 4. The van der Waals surface area contributed by atoms with Gasteiger partial charge in [-0.1, -0.05) is 18.2 Å². The standard InChI is InChI=1S/C13H14N2O2/c14-7-10-5-6-15-8-13(10)17-12-4-2-1-3-11(12)9-16/h1-6,8,16H,7,9,14H2. The van der Waals surface area contributed by atoms with Crippen molar-refractivity contribution in [1.29, 1.82) is 0 Å². The van der Waals surface area contributed by atoms with E-state index in [1.54, 1.807) is 18.5 Å². The molecule has 0 unspecified atom stereocenters. The van der Waals surface area contributed by atoms with Gasteiger partial charge in [-0.05, 0) is 12.1 Å². The van der Waals surface area contributed by atoms with E-state index in [4.69, 9.17) is 10.5 Å². The topological polar surface area (TPSA) is 68.4 Å². The number of aliphatic hydroxyl groups excluding tert-OH is 1. The summed E-state index contributed by atoms with van der Waals surface area (Å²) < 4.78 is 5.72. The van der Waals surface area contributed by atoms with Gasteiger partial charge in [0.05, 0.1) is 12.8 Å². The van der Waals surface area contributed by atoms with E-state index in [2.05, 4.69) is 4.98 Å². The molecule has 0 aliphatic rings. The molecular formula is C13H14N2O2. The van der Waals surface area contributed by atoms with Crippen molar-refractivity contribution in [1.82, 2.24) is 4.98 Å². The maximum atomic E-state index is 9.20. The molecule has 1 aromatic carbocycles. The minimum atomic E-state index is -0.0611. The molecule has 17 heavy (non-hydrogen) atoms. The van der Waals surface area contributed by atoms with Gasteiger partial charge in [0.1, 0.15) is 11.5 Å². The number of hydrogen-bond donors (Lipinski definition) is 2. The second kappa shape index (κ2) is 5.43. The third-order valence-corrected chi connectivity index (χ3v) is 2.45. The molecule has 0 aliphatic heterocycles. The highest BCUT2D eigenvalue weighted by Crippen LogP contribution is 2.27. The molecule has 0 saturated carbocycles. The second-order valence-electron chi connectivity index (χ2n) is 3.56. The van der Waals surface area contributed by atoms with Crippen LogP contribution in [-0.2, 0) is 13.2 Å². The number of nitrogens with two attached hydrogens (primary N) is 1. The predicted molar refractivity (Wildman–Crippen MR) is 64.6 cm³/mol. The van der Waals surface area contributed by atoms with E-state index in [0.717, 1.165) is 11.1 Å². The monoisotopic (exact) mass is 230 g/mol. The van der Waals surface area contributed by atoms with E-state index < -0.39 is 0 Å². The van der Waals surface area contributed by atoms with Gasteiger partial charge >= 0.3 is 0 Å². The lowest BCUT2D eigenvalue weighted by Crippen LogP contribution is -2.00. The van der Waals surface area contributed by atoms with Crippen LogP contribution in [0.2, 0.25) is 0 Å². The Labute approximate surface area is 99.7 Å². The van der Waals surface area contributed by atoms with Gasteiger partial charge in [-0.15, -0.1) is 0 Å². The Morgan fingerprint density at radius 2 is 1.94 bits per heavy atom. The van der Waals surface area contributed by atoms with Crippen LogP contribution in [0.1, 0.15) is 11.1 Å². The fourth-order valence-corrected chi connectivity index (χ4v) is 1.52. The summed E-state index contributed by atoms with van der Waals surface area (Å²) in [5.74, 6) is 1.24. The van der Waals surface area contributed by atoms with Crippen molar-refractivity contribution in [2.45, 2.75) is 13.2 Å². The molecule has 0 fully saturated rings. The molecule has 4 nitrogen and oxygen atoms in total. The number of benzene rings is 1. The summed E-state index contributed by atoms with van der Waals surface area (Å²) in [4.78, 5) is 4.00. The predicted octanol–water partition coefficient (Wildman–Crippen LogP) is 1.82. The summed E-state index contributed by atoms with van der Waals surface area (Å²) >= 11 is 0. The zero-order valence-corrected chi connectivity index (χ0v) is 9.34. The van der Waals surface area contributed by atoms with Gasteiger partial charge in [0, 0.05) is 23.9 Å². The highest BCUT2D eigenvalue weighted by Gasteiger charge is 2.06. The van der Waals surface area contributed by atoms with Gasteiger partial charge in [0.25, 0.3) is 0 Å². The summed E-state index contributed by atoms with van der Waals surface area (Å²) in [6, 6.07) is 9.14. The molecule has 0 saturated heterocycles. The number of ether oxygens (including phenoxy) is 1. The van der Waals surface area contributed by atoms with Gasteiger partial charge in [-0.25, -0.2) is 0 Å². The van der Waals surface area contributed by atoms with E-state index in [9.17, 15) is 5.11 Å². The smallest absolute Gasteiger partial charge is 0.150 e. The van der Waals surface area contributed by atoms with Crippen LogP contribution in [0.25, 0.3) is 0 Å². The first-order valence-electron chi connectivity index (χ1n) is 5.34. The molecule has 0 atom stereocenters. The molecule has 4 heteroatoms. The lowest BCUT2D eigenvalue weighted by molar-refractivity contribution is 0.276. The lowest BCUT2D eigenvalue weighted by Gasteiger charge is -2.11. The van der Waals surface area contributed by atoms with Crippen molar-refractivity contribution >= 4 is 0 Å². The zero-order chi connectivity index (χ0) is 12.1. The molecular weight excluding hydrogens is 216 g/mol. The molecule has 2 rings (SSSR count). The first-order chi connectivity index (χ1) is 8.35. The van der Waals surface area contributed by atoms with Crippen LogP contribution in [0.15, 0.2) is 42.7 Å². The number of hydrogen-bond acceptors (Lipinski definition) is 4. The Morgan fingerprint density at radius 3 is 2.71 bits per heavy atom. The molecule has 0 radical (unpaired) electrons. The third kappa shape index (κ3) is 2.61. The minimum absolute atomic E-state index is 0.0611. The van der Waals surface area contributed by atoms with Crippen molar-refractivity contribution < 1.29 is 9.84 Å². The lowest BCUT2D eigenvalue weighted by atomic mass is 10.2. The molecule has 2 aromatic rings. The summed E-state index contributed by atoms with van der Waals surface area (Å²) in [7, 11) is 0. The number of aliphatic hydroxyl groups is 1. The van der Waals surface area contributed by atoms with Gasteiger partial charge in [-0.2, -0.15) is 0 Å². The van der Waals surface area contributed by atoms with Crippen molar-refractivity contribution in [2.24, 2.45) is 5.73 Å². The maximum Gasteiger partial charge on any atom is 0.150 e. The van der Waals surface area contributed by atoms with Crippen molar-refractivity contribution in [3.05, 3.63) is 53.9 Å². The fraction of sp³-hybridized carbons (Fsp3) is 0.154. The van der Waals surface area contributed by atoms with Gasteiger partial charge in [0.15, 0.2) is 0 Å². The van der Waals surface area contributed by atoms with Crippen LogP contribution < -0.4 is 10.5 Å². The number of nitrogens with zero attached hydrogens (tertiary/aromatic N) is 1. The molecule has 0 amide bonds. The van der Waals surface area contributed by atoms with Crippen LogP contribution in [0, 0.1) is 0 Å². The van der Waals surface area contributed by atoms with Crippen LogP contribution in [0.4, 0.5) is 0 Å². The first kappa shape index (κ1) is 11.6. The highest BCUT2D eigenvalue weighted by molar-refractivity contribution is 5.39. The van der Waals surface area contributed by atoms with Gasteiger partial charge in [-0.3, -0.25) is 4.98 Å². The first-order valence-corrected chi connectivity index (χ1v) is 5.34. The highest BCUT2D eigenvalue weighted by atomic mass is 16.5. The van der Waals surface area contributed by atoms with E-state index >= 15 is 0 Å². The van der Waals surface area contributed by atoms with E-state index in [1.165, 1.54) is 0 Å². The quantitative estimate of drug-likeness (QED) is 0.840. The van der Waals surface area contributed by atoms with E-state index in [-0.39, 0.29) is 6.61 Å². The Balaban J connectivity index is 2.31. The third-order valence-electron chi connectivity index (χ3n) is 2.45. The molecule has 1 aromatic heterocycles. The number of aromatic nitrogens is 1.